The molecule has 2 aromatic carbocycles. The van der Waals surface area contributed by atoms with Crippen molar-refractivity contribution >= 4 is 23.6 Å². The van der Waals surface area contributed by atoms with Crippen LogP contribution in [0.2, 0.25) is 0 Å². The third-order valence-corrected chi connectivity index (χ3v) is 7.71. The molecule has 0 radical (unpaired) electrons. The molecule has 12 heteroatoms. The molecule has 0 spiro atoms. The molecule has 0 unspecified atom stereocenters. The fourth-order valence-corrected chi connectivity index (χ4v) is 5.08. The first-order valence-corrected chi connectivity index (χ1v) is 14.6. The van der Waals surface area contributed by atoms with E-state index in [1.165, 1.54) is 25.1 Å². The molecule has 3 atom stereocenters. The summed E-state index contributed by atoms with van der Waals surface area (Å²) in [5.74, 6) is -1.75. The summed E-state index contributed by atoms with van der Waals surface area (Å²) < 4.78 is 11.1. The van der Waals surface area contributed by atoms with Crippen molar-refractivity contribution in [3.63, 3.8) is 0 Å². The molecule has 5 rings (SSSR count). The molecule has 3 aliphatic heterocycles. The van der Waals surface area contributed by atoms with E-state index in [0.717, 1.165) is 12.1 Å². The Hall–Kier alpha value is -4.16. The molecule has 3 heterocycles. The Kier molecular flexibility index (Phi) is 10.6. The van der Waals surface area contributed by atoms with Crippen LogP contribution >= 0.6 is 0 Å². The Morgan fingerprint density at radius 1 is 0.977 bits per heavy atom. The van der Waals surface area contributed by atoms with Crippen molar-refractivity contribution in [2.24, 2.45) is 5.92 Å². The number of aromatic hydroxyl groups is 1. The number of benzene rings is 2. The molecule has 3 aliphatic rings. The van der Waals surface area contributed by atoms with Crippen molar-refractivity contribution in [1.82, 2.24) is 25.8 Å². The van der Waals surface area contributed by atoms with Gasteiger partial charge in [0.25, 0.3) is 5.91 Å². The first-order chi connectivity index (χ1) is 20.5. The molecule has 4 amide bonds. The van der Waals surface area contributed by atoms with Gasteiger partial charge >= 0.3 is 0 Å². The number of ether oxygens (including phenoxy) is 2. The molecule has 43 heavy (non-hydrogen) atoms. The number of carbonyl (C=O) groups excluding carboxylic acids is 4. The molecule has 0 aliphatic carbocycles. The molecule has 0 aromatic heterocycles. The zero-order valence-electron chi connectivity index (χ0n) is 25.1. The van der Waals surface area contributed by atoms with Gasteiger partial charge in [-0.15, -0.1) is 0 Å². The summed E-state index contributed by atoms with van der Waals surface area (Å²) in [5.41, 5.74) is 0.744. The molecule has 2 aromatic rings. The van der Waals surface area contributed by atoms with Gasteiger partial charge in [0, 0.05) is 46.3 Å². The highest BCUT2D eigenvalue weighted by molar-refractivity contribution is 6.00. The van der Waals surface area contributed by atoms with Crippen molar-refractivity contribution in [3.8, 4) is 17.2 Å². The van der Waals surface area contributed by atoms with Crippen LogP contribution in [0.1, 0.15) is 36.7 Å². The van der Waals surface area contributed by atoms with Crippen molar-refractivity contribution in [2.45, 2.75) is 45.3 Å². The Morgan fingerprint density at radius 2 is 1.65 bits per heavy atom. The summed E-state index contributed by atoms with van der Waals surface area (Å²) in [6.45, 7) is 8.91. The van der Waals surface area contributed by atoms with Gasteiger partial charge in [-0.1, -0.05) is 26.0 Å². The SMILES string of the molecule is COCCN1CCN(C(=O)[C@H]2Cc3ccc(cc3)Oc3ccc(O)c(c3)C(=O)N[C@@H](C(C)C)C(=O)N[C@@H](C)C(=O)N2)CC1. The van der Waals surface area contributed by atoms with Gasteiger partial charge in [-0.05, 0) is 48.7 Å². The lowest BCUT2D eigenvalue weighted by atomic mass is 10.0. The predicted octanol–water partition coefficient (Wildman–Crippen LogP) is 1.28. The Bertz CT molecular complexity index is 1310. The Labute approximate surface area is 251 Å². The normalized spacial score (nSPS) is 22.2. The molecule has 0 saturated carbocycles. The minimum Gasteiger partial charge on any atom is -0.507 e. The number of hydrogen-bond acceptors (Lipinski definition) is 8. The first kappa shape index (κ1) is 31.8. The summed E-state index contributed by atoms with van der Waals surface area (Å²) in [6, 6.07) is 8.52. The average Bonchev–Trinajstić information content (AvgIpc) is 2.99. The number of amides is 4. The lowest BCUT2D eigenvalue weighted by Gasteiger charge is -2.36. The van der Waals surface area contributed by atoms with Crippen LogP contribution in [0, 0.1) is 5.92 Å². The van der Waals surface area contributed by atoms with Gasteiger partial charge in [-0.3, -0.25) is 24.1 Å². The summed E-state index contributed by atoms with van der Waals surface area (Å²) in [7, 11) is 1.66. The van der Waals surface area contributed by atoms with Crippen LogP contribution in [0.5, 0.6) is 17.2 Å². The molecule has 1 fully saturated rings. The zero-order valence-corrected chi connectivity index (χ0v) is 25.1. The lowest BCUT2D eigenvalue weighted by molar-refractivity contribution is -0.138. The van der Waals surface area contributed by atoms with E-state index in [1.54, 1.807) is 50.1 Å². The highest BCUT2D eigenvalue weighted by atomic mass is 16.5. The van der Waals surface area contributed by atoms with Crippen LogP contribution in [0.4, 0.5) is 0 Å². The van der Waals surface area contributed by atoms with E-state index in [-0.39, 0.29) is 29.6 Å². The smallest absolute Gasteiger partial charge is 0.255 e. The summed E-state index contributed by atoms with van der Waals surface area (Å²) in [6.07, 6.45) is 0.240. The molecule has 4 N–H and O–H groups in total. The van der Waals surface area contributed by atoms with Gasteiger partial charge < -0.3 is 35.4 Å². The van der Waals surface area contributed by atoms with E-state index in [0.29, 0.717) is 44.3 Å². The topological polar surface area (TPSA) is 150 Å². The van der Waals surface area contributed by atoms with E-state index < -0.39 is 35.8 Å². The number of phenolic OH excluding ortho intramolecular Hbond substituents is 1. The van der Waals surface area contributed by atoms with Crippen molar-refractivity contribution < 1.29 is 33.8 Å². The van der Waals surface area contributed by atoms with Crippen molar-refractivity contribution in [1.29, 1.82) is 0 Å². The zero-order chi connectivity index (χ0) is 31.1. The minimum atomic E-state index is -0.996. The van der Waals surface area contributed by atoms with E-state index >= 15 is 0 Å². The van der Waals surface area contributed by atoms with Gasteiger partial charge in [-0.2, -0.15) is 0 Å². The minimum absolute atomic E-state index is 0.0552. The predicted molar refractivity (Wildman–Crippen MR) is 159 cm³/mol. The summed E-state index contributed by atoms with van der Waals surface area (Å²) in [4.78, 5) is 57.4. The highest BCUT2D eigenvalue weighted by Crippen LogP contribution is 2.28. The van der Waals surface area contributed by atoms with Crippen LogP contribution in [0.3, 0.4) is 0 Å². The highest BCUT2D eigenvalue weighted by Gasteiger charge is 2.32. The van der Waals surface area contributed by atoms with Gasteiger partial charge in [0.2, 0.25) is 17.7 Å². The largest absolute Gasteiger partial charge is 0.507 e. The maximum absolute atomic E-state index is 13.7. The first-order valence-electron chi connectivity index (χ1n) is 14.6. The molecular formula is C31H41N5O7. The van der Waals surface area contributed by atoms with Crippen molar-refractivity contribution in [2.75, 3.05) is 46.4 Å². The van der Waals surface area contributed by atoms with Crippen LogP contribution in [0.25, 0.3) is 0 Å². The second-order valence-corrected chi connectivity index (χ2v) is 11.3. The Morgan fingerprint density at radius 3 is 2.30 bits per heavy atom. The van der Waals surface area contributed by atoms with Gasteiger partial charge in [0.1, 0.15) is 35.4 Å². The van der Waals surface area contributed by atoms with Crippen LogP contribution < -0.4 is 20.7 Å². The number of nitrogens with zero attached hydrogens (tertiary/aromatic N) is 2. The second-order valence-electron chi connectivity index (χ2n) is 11.3. The number of carbonyl (C=O) groups is 4. The number of piperazine rings is 1. The maximum Gasteiger partial charge on any atom is 0.255 e. The number of rotatable bonds is 5. The third-order valence-electron chi connectivity index (χ3n) is 7.71. The van der Waals surface area contributed by atoms with E-state index in [4.69, 9.17) is 9.47 Å². The molecule has 12 nitrogen and oxygen atoms in total. The molecule has 4 bridgehead atoms. The van der Waals surface area contributed by atoms with Gasteiger partial charge in [0.15, 0.2) is 0 Å². The maximum atomic E-state index is 13.7. The van der Waals surface area contributed by atoms with Gasteiger partial charge in [-0.25, -0.2) is 0 Å². The number of hydrogen-bond donors (Lipinski definition) is 4. The average molecular weight is 596 g/mol. The van der Waals surface area contributed by atoms with E-state index in [1.807, 2.05) is 0 Å². The standard InChI is InChI=1S/C31H41N5O7/c1-19(2)27-30(40)32-20(3)28(38)33-25(31(41)36-13-11-35(12-14-36)15-16-42-4)17-21-5-7-22(8-6-21)43-23-9-10-26(37)24(18-23)29(39)34-27/h5-10,18-20,25,27,37H,11-17H2,1-4H3,(H,32,40)(H,33,38)(H,34,39)/t20-,25+,27-/m0/s1. The Balaban J connectivity index is 1.61. The summed E-state index contributed by atoms with van der Waals surface area (Å²) >= 11 is 0. The number of nitrogens with one attached hydrogen (secondary N) is 3. The monoisotopic (exact) mass is 595 g/mol. The van der Waals surface area contributed by atoms with Crippen molar-refractivity contribution in [3.05, 3.63) is 53.6 Å². The summed E-state index contributed by atoms with van der Waals surface area (Å²) in [5, 5.41) is 18.5. The van der Waals surface area contributed by atoms with E-state index in [2.05, 4.69) is 20.9 Å². The van der Waals surface area contributed by atoms with E-state index in [9.17, 15) is 24.3 Å². The number of fused-ring (bicyclic) bond motifs is 11. The number of phenols is 1. The third kappa shape index (κ3) is 8.23. The second kappa shape index (κ2) is 14.3. The van der Waals surface area contributed by atoms with Crippen LogP contribution in [-0.4, -0.2) is 103 Å². The fourth-order valence-electron chi connectivity index (χ4n) is 5.08. The molecule has 232 valence electrons. The molecular weight excluding hydrogens is 554 g/mol. The lowest BCUT2D eigenvalue weighted by Crippen LogP contribution is -2.59. The fraction of sp³-hybridized carbons (Fsp3) is 0.484. The van der Waals surface area contributed by atoms with Gasteiger partial charge in [0.05, 0.1) is 12.2 Å². The van der Waals surface area contributed by atoms with Crippen LogP contribution in [0.15, 0.2) is 42.5 Å². The van der Waals surface area contributed by atoms with Crippen LogP contribution in [-0.2, 0) is 25.5 Å². The molecule has 1 saturated heterocycles. The number of methoxy groups -OCH3 is 1. The quantitative estimate of drug-likeness (QED) is 0.378.